The van der Waals surface area contributed by atoms with Crippen molar-refractivity contribution in [1.82, 2.24) is 5.64 Å². The van der Waals surface area contributed by atoms with E-state index >= 15 is 0 Å². The Kier molecular flexibility index (Phi) is 1.21. The minimum atomic E-state index is 0.625. The lowest BCUT2D eigenvalue weighted by Gasteiger charge is -1.91. The van der Waals surface area contributed by atoms with Gasteiger partial charge in [-0.2, -0.15) is 0 Å². The molecule has 0 radical (unpaired) electrons. The second-order valence-corrected chi connectivity index (χ2v) is 2.09. The Bertz CT molecular complexity index is 327. The molecule has 1 heterocycles. The highest BCUT2D eigenvalue weighted by Crippen LogP contribution is 2.30. The molecule has 0 bridgehead atoms. The molecule has 54 valence electrons. The van der Waals surface area contributed by atoms with Gasteiger partial charge >= 0.3 is 0 Å². The van der Waals surface area contributed by atoms with Crippen LogP contribution in [0.3, 0.4) is 0 Å². The van der Waals surface area contributed by atoms with E-state index in [9.17, 15) is 0 Å². The zero-order valence-corrected chi connectivity index (χ0v) is 5.63. The van der Waals surface area contributed by atoms with E-state index in [0.29, 0.717) is 11.5 Å². The van der Waals surface area contributed by atoms with Gasteiger partial charge in [0, 0.05) is 17.3 Å². The van der Waals surface area contributed by atoms with E-state index in [-0.39, 0.29) is 0 Å². The third kappa shape index (κ3) is 0.896. The van der Waals surface area contributed by atoms with Crippen LogP contribution in [0, 0.1) is 12.3 Å². The average molecular weight is 147 g/mol. The van der Waals surface area contributed by atoms with Crippen LogP contribution in [0.4, 0.5) is 0 Å². The molecular weight excluding hydrogens is 142 g/mol. The smallest absolute Gasteiger partial charge is 0.197 e. The Morgan fingerprint density at radius 3 is 2.91 bits per heavy atom. The predicted octanol–water partition coefficient (Wildman–Crippen LogP) is 0.859. The molecule has 0 spiro atoms. The lowest BCUT2D eigenvalue weighted by molar-refractivity contribution is 0.0259. The summed E-state index contributed by atoms with van der Waals surface area (Å²) in [5, 5.41) is 0. The topological polar surface area (TPSA) is 30.5 Å². The van der Waals surface area contributed by atoms with Crippen LogP contribution in [-0.2, 0) is 0 Å². The summed E-state index contributed by atoms with van der Waals surface area (Å²) in [6, 6.07) is 5.27. The Morgan fingerprint density at radius 1 is 1.27 bits per heavy atom. The summed E-state index contributed by atoms with van der Waals surface area (Å²) in [6.45, 7) is 0. The SMILES string of the molecule is C#Cc1ccc2c(c1)ONO2. The van der Waals surface area contributed by atoms with E-state index in [2.05, 4.69) is 11.6 Å². The molecule has 3 heteroatoms. The van der Waals surface area contributed by atoms with Crippen molar-refractivity contribution >= 4 is 0 Å². The summed E-state index contributed by atoms with van der Waals surface area (Å²) < 4.78 is 0. The molecule has 1 aromatic rings. The summed E-state index contributed by atoms with van der Waals surface area (Å²) >= 11 is 0. The van der Waals surface area contributed by atoms with Crippen LogP contribution >= 0.6 is 0 Å². The van der Waals surface area contributed by atoms with Gasteiger partial charge in [0.05, 0.1) is 0 Å². The average Bonchev–Trinajstić information content (AvgIpc) is 2.50. The molecule has 1 N–H and O–H groups in total. The molecule has 0 atom stereocenters. The van der Waals surface area contributed by atoms with Gasteiger partial charge in [0.15, 0.2) is 11.5 Å². The minimum Gasteiger partial charge on any atom is -0.370 e. The molecule has 0 saturated heterocycles. The normalized spacial score (nSPS) is 12.6. The zero-order valence-electron chi connectivity index (χ0n) is 5.63. The van der Waals surface area contributed by atoms with Crippen molar-refractivity contribution in [3.63, 3.8) is 0 Å². The van der Waals surface area contributed by atoms with E-state index in [4.69, 9.17) is 16.1 Å². The number of fused-ring (bicyclic) bond motifs is 1. The van der Waals surface area contributed by atoms with Crippen molar-refractivity contribution in [3.8, 4) is 23.8 Å². The van der Waals surface area contributed by atoms with Gasteiger partial charge in [0.1, 0.15) is 0 Å². The number of terminal acetylenes is 1. The molecule has 0 amide bonds. The number of benzene rings is 1. The van der Waals surface area contributed by atoms with Crippen molar-refractivity contribution in [2.45, 2.75) is 0 Å². The molecule has 0 unspecified atom stereocenters. The monoisotopic (exact) mass is 147 g/mol. The zero-order chi connectivity index (χ0) is 7.68. The first-order valence-electron chi connectivity index (χ1n) is 3.09. The van der Waals surface area contributed by atoms with Crippen LogP contribution < -0.4 is 15.3 Å². The predicted molar refractivity (Wildman–Crippen MR) is 38.8 cm³/mol. The van der Waals surface area contributed by atoms with Crippen molar-refractivity contribution in [2.75, 3.05) is 0 Å². The Balaban J connectivity index is 2.51. The Hall–Kier alpha value is -1.66. The molecule has 1 aromatic carbocycles. The maximum Gasteiger partial charge on any atom is 0.197 e. The quantitative estimate of drug-likeness (QED) is 0.552. The van der Waals surface area contributed by atoms with Gasteiger partial charge in [-0.1, -0.05) is 5.92 Å². The molecule has 3 nitrogen and oxygen atoms in total. The van der Waals surface area contributed by atoms with E-state index in [1.165, 1.54) is 0 Å². The van der Waals surface area contributed by atoms with Gasteiger partial charge < -0.3 is 9.68 Å². The summed E-state index contributed by atoms with van der Waals surface area (Å²) in [5.74, 6) is 3.78. The van der Waals surface area contributed by atoms with Crippen LogP contribution in [0.1, 0.15) is 5.56 Å². The molecular formula is C8H5NO2. The lowest BCUT2D eigenvalue weighted by Crippen LogP contribution is -2.14. The fraction of sp³-hybridized carbons (Fsp3) is 0. The van der Waals surface area contributed by atoms with Crippen LogP contribution in [0.25, 0.3) is 0 Å². The largest absolute Gasteiger partial charge is 0.370 e. The standard InChI is InChI=1S/C8H5NO2/c1-2-6-3-4-7-8(5-6)11-9-10-7/h1,3-5,9H. The highest BCUT2D eigenvalue weighted by Gasteiger charge is 2.12. The van der Waals surface area contributed by atoms with Crippen LogP contribution in [0.5, 0.6) is 11.5 Å². The van der Waals surface area contributed by atoms with E-state index < -0.39 is 0 Å². The van der Waals surface area contributed by atoms with Crippen molar-refractivity contribution in [2.24, 2.45) is 0 Å². The molecule has 0 aromatic heterocycles. The maximum atomic E-state index is 5.18. The van der Waals surface area contributed by atoms with Gasteiger partial charge in [0.2, 0.25) is 0 Å². The Morgan fingerprint density at radius 2 is 2.09 bits per heavy atom. The third-order valence-corrected chi connectivity index (χ3v) is 1.41. The lowest BCUT2D eigenvalue weighted by atomic mass is 10.2. The van der Waals surface area contributed by atoms with Crippen LogP contribution in [0.15, 0.2) is 18.2 Å². The van der Waals surface area contributed by atoms with Crippen molar-refractivity contribution in [3.05, 3.63) is 23.8 Å². The van der Waals surface area contributed by atoms with E-state index in [0.717, 1.165) is 5.56 Å². The van der Waals surface area contributed by atoms with Crippen LogP contribution in [-0.4, -0.2) is 0 Å². The molecule has 0 aliphatic carbocycles. The van der Waals surface area contributed by atoms with E-state index in [1.807, 2.05) is 0 Å². The molecule has 0 fully saturated rings. The third-order valence-electron chi connectivity index (χ3n) is 1.41. The minimum absolute atomic E-state index is 0.625. The second-order valence-electron chi connectivity index (χ2n) is 2.09. The maximum absolute atomic E-state index is 5.18. The number of hydrogen-bond donors (Lipinski definition) is 1. The molecule has 11 heavy (non-hydrogen) atoms. The summed E-state index contributed by atoms with van der Waals surface area (Å²) in [6.07, 6.45) is 5.18. The summed E-state index contributed by atoms with van der Waals surface area (Å²) in [5.41, 5.74) is 3.04. The number of rotatable bonds is 0. The highest BCUT2D eigenvalue weighted by atomic mass is 16.9. The Labute approximate surface area is 63.8 Å². The fourth-order valence-electron chi connectivity index (χ4n) is 0.873. The first-order valence-corrected chi connectivity index (χ1v) is 3.09. The first kappa shape index (κ1) is 6.08. The summed E-state index contributed by atoms with van der Waals surface area (Å²) in [7, 11) is 0. The van der Waals surface area contributed by atoms with Crippen molar-refractivity contribution < 1.29 is 9.68 Å². The number of hydrogen-bond acceptors (Lipinski definition) is 3. The van der Waals surface area contributed by atoms with Gasteiger partial charge in [-0.25, -0.2) is 0 Å². The van der Waals surface area contributed by atoms with Gasteiger partial charge in [-0.3, -0.25) is 0 Å². The summed E-state index contributed by atoms with van der Waals surface area (Å²) in [4.78, 5) is 9.73. The van der Waals surface area contributed by atoms with Gasteiger partial charge in [-0.15, -0.1) is 6.42 Å². The number of nitrogens with one attached hydrogen (secondary N) is 1. The van der Waals surface area contributed by atoms with Crippen molar-refractivity contribution in [1.29, 1.82) is 0 Å². The van der Waals surface area contributed by atoms with E-state index in [1.54, 1.807) is 18.2 Å². The van der Waals surface area contributed by atoms with Gasteiger partial charge in [0.25, 0.3) is 0 Å². The second kappa shape index (κ2) is 2.19. The molecule has 0 saturated carbocycles. The molecule has 2 rings (SSSR count). The highest BCUT2D eigenvalue weighted by molar-refractivity contribution is 5.48. The van der Waals surface area contributed by atoms with Gasteiger partial charge in [-0.05, 0) is 12.1 Å². The molecule has 1 aliphatic rings. The van der Waals surface area contributed by atoms with Crippen LogP contribution in [0.2, 0.25) is 0 Å². The molecule has 1 aliphatic heterocycles. The first-order chi connectivity index (χ1) is 5.40. The fourth-order valence-corrected chi connectivity index (χ4v) is 0.873.